The molecule has 0 radical (unpaired) electrons. The minimum Gasteiger partial charge on any atom is -0.420 e. The Morgan fingerprint density at radius 3 is 1.87 bits per heavy atom. The van der Waals surface area contributed by atoms with Gasteiger partial charge in [-0.05, 0) is 45.2 Å². The smallest absolute Gasteiger partial charge is 0.192 e. The first-order valence-corrected chi connectivity index (χ1v) is 8.83. The van der Waals surface area contributed by atoms with Gasteiger partial charge in [0, 0.05) is 7.11 Å². The van der Waals surface area contributed by atoms with E-state index in [1.165, 1.54) is 43.9 Å². The molecule has 0 saturated carbocycles. The fourth-order valence-corrected chi connectivity index (χ4v) is 6.30. The second-order valence-corrected chi connectivity index (χ2v) is 9.07. The maximum absolute atomic E-state index is 5.92. The zero-order valence-corrected chi connectivity index (χ0v) is 12.3. The number of rotatable bonds is 9. The lowest BCUT2D eigenvalue weighted by atomic mass is 10.4. The van der Waals surface area contributed by atoms with Gasteiger partial charge >= 0.3 is 0 Å². The summed E-state index contributed by atoms with van der Waals surface area (Å²) in [6, 6.07) is 4.01. The third-order valence-electron chi connectivity index (χ3n) is 3.08. The predicted molar refractivity (Wildman–Crippen MR) is 70.9 cm³/mol. The minimum absolute atomic E-state index is 1.20. The van der Waals surface area contributed by atoms with Gasteiger partial charge in [0.1, 0.15) is 0 Å². The number of hydrogen-bond donors (Lipinski definition) is 0. The van der Waals surface area contributed by atoms with Crippen molar-refractivity contribution in [2.24, 2.45) is 0 Å². The third-order valence-corrected chi connectivity index (χ3v) is 8.04. The minimum atomic E-state index is -1.36. The van der Waals surface area contributed by atoms with Crippen molar-refractivity contribution in [2.75, 3.05) is 27.7 Å². The van der Waals surface area contributed by atoms with Crippen LogP contribution in [0.4, 0.5) is 0 Å². The van der Waals surface area contributed by atoms with Crippen LogP contribution in [0.5, 0.6) is 0 Å². The summed E-state index contributed by atoms with van der Waals surface area (Å²) in [6.07, 6.45) is 3.86. The summed E-state index contributed by atoms with van der Waals surface area (Å²) in [7, 11) is 4.87. The van der Waals surface area contributed by atoms with Crippen molar-refractivity contribution in [3.8, 4) is 0 Å². The molecule has 0 fully saturated rings. The van der Waals surface area contributed by atoms with Gasteiger partial charge in [-0.1, -0.05) is 26.7 Å². The summed E-state index contributed by atoms with van der Waals surface area (Å²) >= 11 is 0. The van der Waals surface area contributed by atoms with Crippen LogP contribution in [0.2, 0.25) is 18.1 Å². The van der Waals surface area contributed by atoms with Crippen LogP contribution < -0.4 is 0 Å². The molecule has 0 aromatic rings. The molecule has 92 valence electrons. The molecular weight excluding hydrogens is 202 g/mol. The predicted octanol–water partition coefficient (Wildman–Crippen LogP) is 3.35. The zero-order chi connectivity index (χ0) is 11.7. The lowest BCUT2D eigenvalue weighted by Crippen LogP contribution is -2.37. The van der Waals surface area contributed by atoms with E-state index < -0.39 is 8.32 Å². The van der Waals surface area contributed by atoms with E-state index in [2.05, 4.69) is 32.8 Å². The van der Waals surface area contributed by atoms with Crippen LogP contribution in [0, 0.1) is 0 Å². The third kappa shape index (κ3) is 6.33. The molecule has 0 heterocycles. The van der Waals surface area contributed by atoms with Gasteiger partial charge in [0.2, 0.25) is 0 Å². The van der Waals surface area contributed by atoms with E-state index in [9.17, 15) is 0 Å². The fourth-order valence-electron chi connectivity index (χ4n) is 2.31. The van der Waals surface area contributed by atoms with E-state index in [1.807, 2.05) is 7.11 Å². The highest BCUT2D eigenvalue weighted by molar-refractivity contribution is 6.73. The first kappa shape index (κ1) is 15.1. The molecule has 0 aliphatic heterocycles. The van der Waals surface area contributed by atoms with Crippen molar-refractivity contribution in [1.29, 1.82) is 0 Å². The highest BCUT2D eigenvalue weighted by Gasteiger charge is 2.31. The highest BCUT2D eigenvalue weighted by Crippen LogP contribution is 2.26. The molecule has 0 aromatic heterocycles. The maximum Gasteiger partial charge on any atom is 0.192 e. The molecule has 0 bridgehead atoms. The Kier molecular flexibility index (Phi) is 8.38. The van der Waals surface area contributed by atoms with E-state index in [0.717, 1.165) is 0 Å². The van der Waals surface area contributed by atoms with E-state index in [1.54, 1.807) is 0 Å². The van der Waals surface area contributed by atoms with Gasteiger partial charge in [0.25, 0.3) is 0 Å². The molecule has 0 unspecified atom stereocenters. The Labute approximate surface area is 97.1 Å². The molecule has 0 atom stereocenters. The average molecular weight is 231 g/mol. The SMILES string of the molecule is CCC[Si](CCC)(CCCN(C)C)OC. The largest absolute Gasteiger partial charge is 0.420 e. The Morgan fingerprint density at radius 2 is 1.53 bits per heavy atom. The van der Waals surface area contributed by atoms with E-state index in [4.69, 9.17) is 4.43 Å². The van der Waals surface area contributed by atoms with Gasteiger partial charge in [-0.15, -0.1) is 0 Å². The van der Waals surface area contributed by atoms with E-state index >= 15 is 0 Å². The van der Waals surface area contributed by atoms with E-state index in [-0.39, 0.29) is 0 Å². The van der Waals surface area contributed by atoms with Crippen molar-refractivity contribution in [2.45, 2.75) is 51.2 Å². The molecule has 0 spiro atoms. The fraction of sp³-hybridized carbons (Fsp3) is 1.00. The maximum atomic E-state index is 5.92. The van der Waals surface area contributed by atoms with Gasteiger partial charge in [0.05, 0.1) is 0 Å². The molecule has 0 amide bonds. The lowest BCUT2D eigenvalue weighted by molar-refractivity contribution is 0.370. The summed E-state index contributed by atoms with van der Waals surface area (Å²) in [5, 5.41) is 0. The van der Waals surface area contributed by atoms with Gasteiger partial charge in [-0.25, -0.2) is 0 Å². The summed E-state index contributed by atoms with van der Waals surface area (Å²) in [4.78, 5) is 2.27. The first-order chi connectivity index (χ1) is 7.10. The summed E-state index contributed by atoms with van der Waals surface area (Å²) in [5.74, 6) is 0. The molecule has 0 aromatic carbocycles. The lowest BCUT2D eigenvalue weighted by Gasteiger charge is -2.29. The molecule has 0 N–H and O–H groups in total. The molecule has 0 aliphatic carbocycles. The van der Waals surface area contributed by atoms with Crippen LogP contribution in [0.1, 0.15) is 33.1 Å². The van der Waals surface area contributed by atoms with Crippen molar-refractivity contribution >= 4 is 8.32 Å². The van der Waals surface area contributed by atoms with Gasteiger partial charge in [-0.3, -0.25) is 0 Å². The standard InChI is InChI=1S/C12H29NOSi/c1-6-10-15(14-5,11-7-2)12-8-9-13(3)4/h6-12H2,1-5H3. The Morgan fingerprint density at radius 1 is 1.00 bits per heavy atom. The Bertz CT molecular complexity index is 145. The zero-order valence-electron chi connectivity index (χ0n) is 11.3. The summed E-state index contributed by atoms with van der Waals surface area (Å²) in [6.45, 7) is 5.76. The monoisotopic (exact) mass is 231 g/mol. The van der Waals surface area contributed by atoms with Crippen molar-refractivity contribution in [1.82, 2.24) is 4.90 Å². The number of hydrogen-bond acceptors (Lipinski definition) is 2. The van der Waals surface area contributed by atoms with Crippen molar-refractivity contribution in [3.05, 3.63) is 0 Å². The van der Waals surface area contributed by atoms with Crippen LogP contribution in [0.3, 0.4) is 0 Å². The van der Waals surface area contributed by atoms with Crippen LogP contribution >= 0.6 is 0 Å². The van der Waals surface area contributed by atoms with Crippen molar-refractivity contribution < 1.29 is 4.43 Å². The van der Waals surface area contributed by atoms with Gasteiger partial charge in [-0.2, -0.15) is 0 Å². The molecule has 0 rings (SSSR count). The van der Waals surface area contributed by atoms with Gasteiger partial charge in [0.15, 0.2) is 8.32 Å². The average Bonchev–Trinajstić information content (AvgIpc) is 2.17. The number of nitrogens with zero attached hydrogens (tertiary/aromatic N) is 1. The highest BCUT2D eigenvalue weighted by atomic mass is 28.4. The Hall–Kier alpha value is 0.137. The molecule has 0 saturated heterocycles. The second kappa shape index (κ2) is 8.31. The van der Waals surface area contributed by atoms with Crippen LogP contribution in [-0.4, -0.2) is 41.0 Å². The topological polar surface area (TPSA) is 12.5 Å². The van der Waals surface area contributed by atoms with Gasteiger partial charge < -0.3 is 9.33 Å². The normalized spacial score (nSPS) is 12.4. The quantitative estimate of drug-likeness (QED) is 0.564. The molecular formula is C12H29NOSi. The van der Waals surface area contributed by atoms with Crippen LogP contribution in [0.15, 0.2) is 0 Å². The molecule has 3 heteroatoms. The van der Waals surface area contributed by atoms with Crippen LogP contribution in [-0.2, 0) is 4.43 Å². The van der Waals surface area contributed by atoms with Crippen molar-refractivity contribution in [3.63, 3.8) is 0 Å². The second-order valence-electron chi connectivity index (χ2n) is 4.79. The summed E-state index contributed by atoms with van der Waals surface area (Å²) < 4.78 is 5.92. The van der Waals surface area contributed by atoms with Crippen LogP contribution in [0.25, 0.3) is 0 Å². The Balaban J connectivity index is 4.08. The summed E-state index contributed by atoms with van der Waals surface area (Å²) in [5.41, 5.74) is 0. The molecule has 0 aliphatic rings. The van der Waals surface area contributed by atoms with E-state index in [0.29, 0.717) is 0 Å². The molecule has 2 nitrogen and oxygen atoms in total. The molecule has 15 heavy (non-hydrogen) atoms. The first-order valence-electron chi connectivity index (χ1n) is 6.30.